The van der Waals surface area contributed by atoms with E-state index in [0.29, 0.717) is 4.57 Å². The van der Waals surface area contributed by atoms with Crippen LogP contribution in [-0.4, -0.2) is 81.8 Å². The van der Waals surface area contributed by atoms with Crippen molar-refractivity contribution in [1.82, 2.24) is 19.7 Å². The third-order valence-corrected chi connectivity index (χ3v) is 8.79. The van der Waals surface area contributed by atoms with Gasteiger partial charge in [0.15, 0.2) is 24.6 Å². The Morgan fingerprint density at radius 3 is 2.12 bits per heavy atom. The van der Waals surface area contributed by atoms with Crippen molar-refractivity contribution in [3.63, 3.8) is 0 Å². The summed E-state index contributed by atoms with van der Waals surface area (Å²) in [6, 6.07) is -2.33. The smallest absolute Gasteiger partial charge is 0.351 e. The van der Waals surface area contributed by atoms with E-state index < -0.39 is 91.4 Å². The van der Waals surface area contributed by atoms with Gasteiger partial charge in [0, 0.05) is 6.20 Å². The van der Waals surface area contributed by atoms with Gasteiger partial charge in [0.1, 0.15) is 24.0 Å². The van der Waals surface area contributed by atoms with Crippen LogP contribution in [0, 0.1) is 0 Å². The molecular weight excluding hydrogens is 618 g/mol. The molecule has 0 unspecified atom stereocenters. The zero-order valence-corrected chi connectivity index (χ0v) is 25.5. The number of ether oxygens (including phenoxy) is 3. The molecule has 1 aromatic rings. The number of aromatic nitrogens is 2. The molecule has 13 nitrogen and oxygen atoms in total. The summed E-state index contributed by atoms with van der Waals surface area (Å²) in [5.74, 6) is -1.93. The lowest BCUT2D eigenvalue weighted by molar-refractivity contribution is -0.191. The number of esters is 2. The van der Waals surface area contributed by atoms with Crippen molar-refractivity contribution in [3.05, 3.63) is 21.7 Å². The molecule has 1 aliphatic rings. The highest BCUT2D eigenvalue weighted by Crippen LogP contribution is 2.47. The minimum atomic E-state index is -3.86. The molecule has 19 heteroatoms. The normalized spacial score (nSPS) is 24.6. The molecule has 2 rings (SSSR count). The SMILES string of the molecule is CC(C)OC(=O)[C@H](C)NP(=S)(N[C@@H](C)C(=O)OC(C)C)OC[C@@]1(C(F)F)O[C@@H](n2cc(Cl)c(N)nc2=O)[C@H](F)[C@@H]1O. The molecule has 6 atom stereocenters. The molecule has 2 heterocycles. The largest absolute Gasteiger partial charge is 0.462 e. The molecule has 5 N–H and O–H groups in total. The maximum Gasteiger partial charge on any atom is 0.351 e. The minimum Gasteiger partial charge on any atom is -0.462 e. The summed E-state index contributed by atoms with van der Waals surface area (Å²) in [7, 11) is 0. The summed E-state index contributed by atoms with van der Waals surface area (Å²) in [6.45, 7) is 4.01. The predicted octanol–water partition coefficient (Wildman–Crippen LogP) is 1.81. The standard InChI is InChI=1S/C22H34ClF3N5O8PS/c1-9(2)37-18(33)11(5)29-40(41,30-12(6)19(34)38-10(3)4)36-8-22(20(25)26)15(32)14(24)17(39-22)31-7-13(23)16(27)28-21(31)35/h7,9-12,14-15,17,20,32H,8H2,1-6H3,(H2,27,28,35)(H2,29,30,41)/t11-,12-,14+,15-,17+,22+/m0/s1. The second kappa shape index (κ2) is 14.1. The molecule has 0 bridgehead atoms. The van der Waals surface area contributed by atoms with E-state index >= 15 is 4.39 Å². The van der Waals surface area contributed by atoms with Gasteiger partial charge in [-0.25, -0.2) is 28.1 Å². The molecule has 1 saturated heterocycles. The van der Waals surface area contributed by atoms with E-state index in [2.05, 4.69) is 15.2 Å². The first-order valence-electron chi connectivity index (χ1n) is 12.4. The Labute approximate surface area is 244 Å². The number of anilines is 1. The first-order valence-corrected chi connectivity index (χ1v) is 15.5. The number of hydrogen-bond donors (Lipinski definition) is 4. The summed E-state index contributed by atoms with van der Waals surface area (Å²) in [5, 5.41) is 15.6. The Hall–Kier alpha value is -1.85. The van der Waals surface area contributed by atoms with Gasteiger partial charge in [-0.05, 0) is 53.3 Å². The Morgan fingerprint density at radius 1 is 1.20 bits per heavy atom. The quantitative estimate of drug-likeness (QED) is 0.180. The zero-order valence-electron chi connectivity index (χ0n) is 23.0. The maximum atomic E-state index is 15.2. The van der Waals surface area contributed by atoms with E-state index in [1.807, 2.05) is 0 Å². The Kier molecular flexibility index (Phi) is 12.1. The molecule has 1 aliphatic heterocycles. The number of hydrogen-bond acceptors (Lipinski definition) is 11. The van der Waals surface area contributed by atoms with Gasteiger partial charge in [-0.15, -0.1) is 0 Å². The van der Waals surface area contributed by atoms with Crippen LogP contribution in [0.3, 0.4) is 0 Å². The number of carbonyl (C=O) groups excluding carboxylic acids is 2. The molecule has 1 fully saturated rings. The molecule has 234 valence electrons. The lowest BCUT2D eigenvalue weighted by Crippen LogP contribution is -2.53. The topological polar surface area (TPSA) is 176 Å². The fourth-order valence-corrected chi connectivity index (χ4v) is 6.68. The van der Waals surface area contributed by atoms with Gasteiger partial charge in [-0.2, -0.15) is 4.98 Å². The number of aliphatic hydroxyl groups excluding tert-OH is 1. The zero-order chi connectivity index (χ0) is 31.4. The summed E-state index contributed by atoms with van der Waals surface area (Å²) in [5.41, 5.74) is 1.21. The highest BCUT2D eigenvalue weighted by Gasteiger charge is 2.62. The van der Waals surface area contributed by atoms with Crippen molar-refractivity contribution in [2.24, 2.45) is 0 Å². The van der Waals surface area contributed by atoms with E-state index in [9.17, 15) is 28.3 Å². The Bertz CT molecular complexity index is 1180. The Morgan fingerprint density at radius 2 is 1.68 bits per heavy atom. The van der Waals surface area contributed by atoms with Crippen LogP contribution >= 0.6 is 18.2 Å². The number of nitrogens with one attached hydrogen (secondary N) is 2. The van der Waals surface area contributed by atoms with Gasteiger partial charge in [0.25, 0.3) is 6.43 Å². The molecule has 0 saturated carbocycles. The van der Waals surface area contributed by atoms with Gasteiger partial charge in [-0.3, -0.25) is 14.2 Å². The number of aliphatic hydroxyl groups is 1. The monoisotopic (exact) mass is 651 g/mol. The van der Waals surface area contributed by atoms with Crippen LogP contribution in [0.4, 0.5) is 19.0 Å². The number of nitrogens with two attached hydrogens (primary N) is 1. The van der Waals surface area contributed by atoms with Gasteiger partial charge in [-0.1, -0.05) is 11.6 Å². The van der Waals surface area contributed by atoms with Crippen LogP contribution < -0.4 is 21.6 Å². The fraction of sp³-hybridized carbons (Fsp3) is 0.727. The molecule has 1 aromatic heterocycles. The van der Waals surface area contributed by atoms with E-state index in [1.54, 1.807) is 27.7 Å². The van der Waals surface area contributed by atoms with Crippen LogP contribution in [0.15, 0.2) is 11.0 Å². The van der Waals surface area contributed by atoms with Crippen molar-refractivity contribution in [2.45, 2.75) is 96.4 Å². The summed E-state index contributed by atoms with van der Waals surface area (Å²) < 4.78 is 65.8. The molecule has 0 amide bonds. The van der Waals surface area contributed by atoms with Gasteiger partial charge in [0.2, 0.25) is 0 Å². The number of halogens is 4. The first kappa shape index (κ1) is 35.3. The van der Waals surface area contributed by atoms with Crippen molar-refractivity contribution >= 4 is 47.7 Å². The van der Waals surface area contributed by atoms with Crippen molar-refractivity contribution in [3.8, 4) is 0 Å². The second-order valence-corrected chi connectivity index (χ2v) is 13.6. The predicted molar refractivity (Wildman–Crippen MR) is 146 cm³/mol. The van der Waals surface area contributed by atoms with Crippen molar-refractivity contribution in [1.29, 1.82) is 0 Å². The van der Waals surface area contributed by atoms with Crippen LogP contribution in [0.25, 0.3) is 0 Å². The van der Waals surface area contributed by atoms with Crippen LogP contribution in [0.5, 0.6) is 0 Å². The highest BCUT2D eigenvalue weighted by atomic mass is 35.5. The molecule has 41 heavy (non-hydrogen) atoms. The van der Waals surface area contributed by atoms with E-state index in [1.165, 1.54) is 13.8 Å². The molecule has 0 aliphatic carbocycles. The molecule has 0 spiro atoms. The number of alkyl halides is 3. The Balaban J connectivity index is 2.41. The van der Waals surface area contributed by atoms with Gasteiger partial charge >= 0.3 is 17.6 Å². The molecular formula is C22H34ClF3N5O8PS. The summed E-state index contributed by atoms with van der Waals surface area (Å²) >= 11 is 11.4. The lowest BCUT2D eigenvalue weighted by Gasteiger charge is -2.35. The van der Waals surface area contributed by atoms with Crippen molar-refractivity contribution < 1.29 is 46.6 Å². The number of rotatable bonds is 13. The minimum absolute atomic E-state index is 0.297. The van der Waals surface area contributed by atoms with E-state index in [0.717, 1.165) is 6.20 Å². The van der Waals surface area contributed by atoms with Crippen LogP contribution in [-0.2, 0) is 40.1 Å². The van der Waals surface area contributed by atoms with Gasteiger partial charge < -0.3 is 29.6 Å². The summed E-state index contributed by atoms with van der Waals surface area (Å²) in [4.78, 5) is 40.5. The average molecular weight is 652 g/mol. The molecule has 0 aromatic carbocycles. The van der Waals surface area contributed by atoms with Crippen LogP contribution in [0.2, 0.25) is 5.02 Å². The lowest BCUT2D eigenvalue weighted by atomic mass is 9.97. The first-order chi connectivity index (χ1) is 18.8. The second-order valence-electron chi connectivity index (χ2n) is 9.82. The van der Waals surface area contributed by atoms with E-state index in [-0.39, 0.29) is 5.02 Å². The highest BCUT2D eigenvalue weighted by molar-refractivity contribution is 8.10. The van der Waals surface area contributed by atoms with Crippen LogP contribution in [0.1, 0.15) is 47.8 Å². The fourth-order valence-electron chi connectivity index (χ4n) is 3.59. The number of nitrogens with zero attached hydrogens (tertiary/aromatic N) is 2. The third kappa shape index (κ3) is 8.60. The summed E-state index contributed by atoms with van der Waals surface area (Å²) in [6.07, 6.45) is -11.0. The average Bonchev–Trinajstić information content (AvgIpc) is 3.10. The van der Waals surface area contributed by atoms with E-state index in [4.69, 9.17) is 47.9 Å². The number of nitrogen functional groups attached to an aromatic ring is 1. The van der Waals surface area contributed by atoms with Crippen molar-refractivity contribution in [2.75, 3.05) is 12.3 Å². The molecule has 0 radical (unpaired) electrons. The third-order valence-electron chi connectivity index (χ3n) is 5.60. The number of carbonyl (C=O) groups is 2. The maximum absolute atomic E-state index is 15.2. The van der Waals surface area contributed by atoms with Gasteiger partial charge in [0.05, 0.1) is 23.8 Å².